The van der Waals surface area contributed by atoms with Crippen LogP contribution in [0.3, 0.4) is 0 Å². The quantitative estimate of drug-likeness (QED) is 0.561. The number of rotatable bonds is 6. The molecule has 0 aliphatic carbocycles. The highest BCUT2D eigenvalue weighted by Crippen LogP contribution is 2.25. The van der Waals surface area contributed by atoms with Crippen molar-refractivity contribution in [2.45, 2.75) is 52.5 Å². The molecule has 2 heterocycles. The molecule has 0 aromatic heterocycles. The number of nitrogens with one attached hydrogen (secondary N) is 1. The molecule has 0 spiro atoms. The number of urea groups is 1. The van der Waals surface area contributed by atoms with E-state index in [-0.39, 0.29) is 12.5 Å². The van der Waals surface area contributed by atoms with Crippen LogP contribution in [0.5, 0.6) is 0 Å². The van der Waals surface area contributed by atoms with E-state index < -0.39 is 30.0 Å². The summed E-state index contributed by atoms with van der Waals surface area (Å²) in [5.74, 6) is -0.594. The highest BCUT2D eigenvalue weighted by molar-refractivity contribution is 6.08. The van der Waals surface area contributed by atoms with Gasteiger partial charge < -0.3 is 15.0 Å². The van der Waals surface area contributed by atoms with Crippen molar-refractivity contribution in [3.63, 3.8) is 0 Å². The molecule has 0 bridgehead atoms. The Morgan fingerprint density at radius 2 is 1.73 bits per heavy atom. The number of piperidine rings is 1. The minimum Gasteiger partial charge on any atom is -0.454 e. The zero-order valence-electron chi connectivity index (χ0n) is 16.0. The molecular formula is C18H29N3O5. The largest absolute Gasteiger partial charge is 0.454 e. The Balaban J connectivity index is 1.86. The van der Waals surface area contributed by atoms with E-state index in [4.69, 9.17) is 4.74 Å². The van der Waals surface area contributed by atoms with Gasteiger partial charge in [0.15, 0.2) is 6.61 Å². The minimum atomic E-state index is -0.951. The highest BCUT2D eigenvalue weighted by atomic mass is 16.5. The zero-order valence-corrected chi connectivity index (χ0v) is 16.0. The first-order chi connectivity index (χ1) is 12.2. The molecule has 0 saturated carbocycles. The van der Waals surface area contributed by atoms with E-state index in [1.165, 1.54) is 0 Å². The lowest BCUT2D eigenvalue weighted by atomic mass is 9.92. The Hall–Kier alpha value is -2.12. The normalized spacial score (nSPS) is 25.2. The van der Waals surface area contributed by atoms with Gasteiger partial charge in [0.25, 0.3) is 11.8 Å². The maximum Gasteiger partial charge on any atom is 0.326 e. The van der Waals surface area contributed by atoms with Gasteiger partial charge in [-0.05, 0) is 31.1 Å². The summed E-state index contributed by atoms with van der Waals surface area (Å²) in [7, 11) is 0. The summed E-state index contributed by atoms with van der Waals surface area (Å²) in [6.45, 7) is 8.26. The predicted octanol–water partition coefficient (Wildman–Crippen LogP) is 1.14. The van der Waals surface area contributed by atoms with E-state index in [1.54, 1.807) is 4.90 Å². The van der Waals surface area contributed by atoms with Crippen molar-refractivity contribution in [1.82, 2.24) is 15.1 Å². The first-order valence-corrected chi connectivity index (χ1v) is 9.29. The zero-order chi connectivity index (χ0) is 19.5. The second-order valence-electron chi connectivity index (χ2n) is 7.52. The van der Waals surface area contributed by atoms with Gasteiger partial charge in [-0.1, -0.05) is 27.7 Å². The standard InChI is InChI=1S/C18H29N3O5/c1-5-18(6-2)16(24)21(17(25)19-18)10-15(23)26-11-14(22)20-8-12(3)7-13(4)9-20/h12-13H,5-11H2,1-4H3,(H,19,25)/t12-,13+. The predicted molar refractivity (Wildman–Crippen MR) is 94.0 cm³/mol. The van der Waals surface area contributed by atoms with Crippen LogP contribution in [-0.2, 0) is 19.1 Å². The van der Waals surface area contributed by atoms with Crippen LogP contribution in [0.1, 0.15) is 47.0 Å². The second kappa shape index (κ2) is 8.05. The van der Waals surface area contributed by atoms with Crippen LogP contribution in [0.4, 0.5) is 4.79 Å². The summed E-state index contributed by atoms with van der Waals surface area (Å²) in [4.78, 5) is 51.3. The van der Waals surface area contributed by atoms with Crippen molar-refractivity contribution in [1.29, 1.82) is 0 Å². The number of imide groups is 1. The maximum absolute atomic E-state index is 12.5. The minimum absolute atomic E-state index is 0.245. The number of esters is 1. The third-order valence-corrected chi connectivity index (χ3v) is 5.32. The summed E-state index contributed by atoms with van der Waals surface area (Å²) in [6.07, 6.45) is 1.97. The van der Waals surface area contributed by atoms with Gasteiger partial charge in [0.05, 0.1) is 0 Å². The van der Waals surface area contributed by atoms with Crippen molar-refractivity contribution in [2.75, 3.05) is 26.2 Å². The fourth-order valence-corrected chi connectivity index (χ4v) is 3.82. The number of carbonyl (C=O) groups is 4. The highest BCUT2D eigenvalue weighted by Gasteiger charge is 2.49. The van der Waals surface area contributed by atoms with Gasteiger partial charge in [0.1, 0.15) is 12.1 Å². The van der Waals surface area contributed by atoms with E-state index in [0.29, 0.717) is 37.8 Å². The van der Waals surface area contributed by atoms with Crippen molar-refractivity contribution in [2.24, 2.45) is 11.8 Å². The van der Waals surface area contributed by atoms with Crippen molar-refractivity contribution in [3.05, 3.63) is 0 Å². The lowest BCUT2D eigenvalue weighted by Gasteiger charge is -2.34. The van der Waals surface area contributed by atoms with Crippen molar-refractivity contribution >= 4 is 23.8 Å². The lowest BCUT2D eigenvalue weighted by molar-refractivity contribution is -0.154. The third-order valence-electron chi connectivity index (χ3n) is 5.32. The number of ether oxygens (including phenoxy) is 1. The first kappa shape index (κ1) is 20.2. The Kier molecular flexibility index (Phi) is 6.26. The second-order valence-corrected chi connectivity index (χ2v) is 7.52. The van der Waals surface area contributed by atoms with Gasteiger partial charge in [-0.2, -0.15) is 0 Å². The molecule has 4 amide bonds. The van der Waals surface area contributed by atoms with E-state index in [1.807, 2.05) is 13.8 Å². The Morgan fingerprint density at radius 1 is 1.15 bits per heavy atom. The van der Waals surface area contributed by atoms with E-state index in [9.17, 15) is 19.2 Å². The van der Waals surface area contributed by atoms with Gasteiger partial charge in [0.2, 0.25) is 0 Å². The molecule has 8 heteroatoms. The fourth-order valence-electron chi connectivity index (χ4n) is 3.82. The number of hydrogen-bond donors (Lipinski definition) is 1. The maximum atomic E-state index is 12.5. The number of nitrogens with zero attached hydrogens (tertiary/aromatic N) is 2. The Labute approximate surface area is 154 Å². The van der Waals surface area contributed by atoms with Gasteiger partial charge in [0, 0.05) is 13.1 Å². The Bertz CT molecular complexity index is 577. The van der Waals surface area contributed by atoms with Crippen LogP contribution in [0.25, 0.3) is 0 Å². The Morgan fingerprint density at radius 3 is 2.23 bits per heavy atom. The summed E-state index contributed by atoms with van der Waals surface area (Å²) in [5.41, 5.74) is -0.951. The van der Waals surface area contributed by atoms with Gasteiger partial charge in [-0.15, -0.1) is 0 Å². The molecule has 0 unspecified atom stereocenters. The number of carbonyl (C=O) groups excluding carboxylic acids is 4. The molecule has 26 heavy (non-hydrogen) atoms. The van der Waals surface area contributed by atoms with Crippen LogP contribution < -0.4 is 5.32 Å². The molecule has 2 aliphatic heterocycles. The molecule has 0 aromatic carbocycles. The molecule has 2 rings (SSSR count). The molecule has 2 aliphatic rings. The van der Waals surface area contributed by atoms with Crippen LogP contribution in [-0.4, -0.2) is 65.4 Å². The molecule has 8 nitrogen and oxygen atoms in total. The first-order valence-electron chi connectivity index (χ1n) is 9.29. The van der Waals surface area contributed by atoms with Crippen LogP contribution in [0.15, 0.2) is 0 Å². The molecule has 1 N–H and O–H groups in total. The third kappa shape index (κ3) is 4.16. The SMILES string of the molecule is CCC1(CC)NC(=O)N(CC(=O)OCC(=O)N2C[C@H](C)C[C@H](C)C2)C1=O. The van der Waals surface area contributed by atoms with E-state index in [2.05, 4.69) is 19.2 Å². The summed E-state index contributed by atoms with van der Waals surface area (Å²) in [5, 5.41) is 2.65. The summed E-state index contributed by atoms with van der Waals surface area (Å²) < 4.78 is 5.02. The molecule has 146 valence electrons. The van der Waals surface area contributed by atoms with Crippen LogP contribution in [0, 0.1) is 11.8 Å². The topological polar surface area (TPSA) is 96.0 Å². The smallest absolute Gasteiger partial charge is 0.326 e. The van der Waals surface area contributed by atoms with E-state index in [0.717, 1.165) is 11.3 Å². The van der Waals surface area contributed by atoms with Gasteiger partial charge in [-0.25, -0.2) is 4.79 Å². The number of hydrogen-bond acceptors (Lipinski definition) is 5. The molecule has 2 atom stereocenters. The summed E-state index contributed by atoms with van der Waals surface area (Å²) >= 11 is 0. The molecule has 0 aromatic rings. The number of likely N-dealkylation sites (tertiary alicyclic amines) is 1. The van der Waals surface area contributed by atoms with Crippen LogP contribution in [0.2, 0.25) is 0 Å². The van der Waals surface area contributed by atoms with Gasteiger partial charge in [-0.3, -0.25) is 19.3 Å². The van der Waals surface area contributed by atoms with Crippen molar-refractivity contribution < 1.29 is 23.9 Å². The molecule has 2 fully saturated rings. The van der Waals surface area contributed by atoms with Crippen molar-refractivity contribution in [3.8, 4) is 0 Å². The fraction of sp³-hybridized carbons (Fsp3) is 0.778. The summed E-state index contributed by atoms with van der Waals surface area (Å²) in [6, 6.07) is -0.597. The van der Waals surface area contributed by atoms with Crippen LogP contribution >= 0.6 is 0 Å². The lowest BCUT2D eigenvalue weighted by Crippen LogP contribution is -2.46. The average Bonchev–Trinajstić information content (AvgIpc) is 2.83. The molecule has 2 saturated heterocycles. The monoisotopic (exact) mass is 367 g/mol. The van der Waals surface area contributed by atoms with E-state index >= 15 is 0 Å². The number of amides is 4. The molecular weight excluding hydrogens is 338 g/mol. The molecule has 0 radical (unpaired) electrons. The van der Waals surface area contributed by atoms with Gasteiger partial charge >= 0.3 is 12.0 Å². The average molecular weight is 367 g/mol.